The summed E-state index contributed by atoms with van der Waals surface area (Å²) >= 11 is 0. The van der Waals surface area contributed by atoms with Gasteiger partial charge in [-0.25, -0.2) is 0 Å². The molecule has 0 bridgehead atoms. The molecule has 2 heteroatoms. The van der Waals surface area contributed by atoms with Gasteiger partial charge in [-0.1, -0.05) is 166 Å². The quantitative estimate of drug-likeness (QED) is 0.165. The van der Waals surface area contributed by atoms with Crippen LogP contribution in [0.15, 0.2) is 206 Å². The van der Waals surface area contributed by atoms with Crippen LogP contribution in [0.4, 0.5) is 11.4 Å². The van der Waals surface area contributed by atoms with E-state index in [9.17, 15) is 0 Å². The number of para-hydroxylation sites is 2. The van der Waals surface area contributed by atoms with Crippen LogP contribution >= 0.6 is 0 Å². The van der Waals surface area contributed by atoms with Gasteiger partial charge in [-0.2, -0.15) is 0 Å². The number of hydrogen-bond donors (Lipinski definition) is 0. The smallest absolute Gasteiger partial charge is 0.0646 e. The molecule has 2 nitrogen and oxygen atoms in total. The second kappa shape index (κ2) is 13.1. The highest BCUT2D eigenvalue weighted by Gasteiger charge is 2.44. The lowest BCUT2D eigenvalue weighted by atomic mass is 9.75. The summed E-state index contributed by atoms with van der Waals surface area (Å²) < 4.78 is 2.39. The van der Waals surface area contributed by atoms with E-state index in [-0.39, 0.29) is 11.0 Å². The van der Waals surface area contributed by atoms with Gasteiger partial charge in [0.15, 0.2) is 0 Å². The van der Waals surface area contributed by atoms with Gasteiger partial charge in [0, 0.05) is 38.6 Å². The Labute approximate surface area is 340 Å². The van der Waals surface area contributed by atoms with E-state index in [1.165, 1.54) is 94.2 Å². The van der Waals surface area contributed by atoms with E-state index in [2.05, 4.69) is 230 Å². The Hall–Kier alpha value is -6.90. The number of benzene rings is 8. The Bertz CT molecular complexity index is 3130. The van der Waals surface area contributed by atoms with Crippen LogP contribution in [0.2, 0.25) is 0 Å². The summed E-state index contributed by atoms with van der Waals surface area (Å²) in [4.78, 5) is 2.63. The molecular formula is C56H44N2. The summed E-state index contributed by atoms with van der Waals surface area (Å²) in [5, 5.41) is 5.00. The van der Waals surface area contributed by atoms with Crippen molar-refractivity contribution >= 4 is 49.5 Å². The molecule has 0 amide bonds. The number of aromatic nitrogens is 1. The fourth-order valence-corrected chi connectivity index (χ4v) is 10.1. The molecule has 2 aliphatic carbocycles. The third kappa shape index (κ3) is 5.25. The Balaban J connectivity index is 1.11. The molecule has 1 aromatic heterocycles. The lowest BCUT2D eigenvalue weighted by Crippen LogP contribution is -2.43. The van der Waals surface area contributed by atoms with Crippen molar-refractivity contribution in [2.75, 3.05) is 4.90 Å². The predicted octanol–water partition coefficient (Wildman–Crippen LogP) is 14.9. The van der Waals surface area contributed by atoms with Gasteiger partial charge in [0.2, 0.25) is 0 Å². The van der Waals surface area contributed by atoms with E-state index in [0.717, 1.165) is 6.42 Å². The van der Waals surface area contributed by atoms with Crippen LogP contribution in [-0.4, -0.2) is 10.1 Å². The Morgan fingerprint density at radius 3 is 1.98 bits per heavy atom. The molecule has 0 radical (unpaired) electrons. The van der Waals surface area contributed by atoms with Crippen LogP contribution in [0.5, 0.6) is 0 Å². The molecule has 0 saturated heterocycles. The van der Waals surface area contributed by atoms with Crippen LogP contribution in [0.1, 0.15) is 38.3 Å². The van der Waals surface area contributed by atoms with Crippen molar-refractivity contribution in [3.8, 4) is 27.9 Å². The van der Waals surface area contributed by atoms with Crippen molar-refractivity contribution in [3.63, 3.8) is 0 Å². The van der Waals surface area contributed by atoms with Crippen molar-refractivity contribution in [1.82, 2.24) is 4.57 Å². The molecule has 11 rings (SSSR count). The number of fused-ring (bicyclic) bond motifs is 7. The summed E-state index contributed by atoms with van der Waals surface area (Å²) in [6.45, 7) is 7.21. The molecule has 1 unspecified atom stereocenters. The average molecular weight is 745 g/mol. The lowest BCUT2D eigenvalue weighted by molar-refractivity contribution is 0.551. The maximum atomic E-state index is 2.63. The normalized spacial score (nSPS) is 16.9. The first kappa shape index (κ1) is 34.4. The minimum Gasteiger partial charge on any atom is -0.331 e. The van der Waals surface area contributed by atoms with Crippen molar-refractivity contribution in [3.05, 3.63) is 217 Å². The van der Waals surface area contributed by atoms with E-state index >= 15 is 0 Å². The van der Waals surface area contributed by atoms with Crippen LogP contribution in [0.3, 0.4) is 0 Å². The highest BCUT2D eigenvalue weighted by Crippen LogP contribution is 2.55. The van der Waals surface area contributed by atoms with Crippen LogP contribution in [-0.2, 0) is 5.41 Å². The van der Waals surface area contributed by atoms with Crippen molar-refractivity contribution in [1.29, 1.82) is 0 Å². The van der Waals surface area contributed by atoms with Gasteiger partial charge >= 0.3 is 0 Å². The van der Waals surface area contributed by atoms with E-state index in [0.29, 0.717) is 0 Å². The molecule has 9 aromatic rings. The SMILES string of the molecule is CC1(C)C2=CC(C)(N(c3cccc(-c4ccccc4)c3)c3ccc(-c4ccc5c(c4)c4ccccc4n5-c4ccccc4)c4ccccc34)CC=C2c2ccccc21. The number of allylic oxidation sites excluding steroid dienone is 2. The zero-order valence-corrected chi connectivity index (χ0v) is 33.2. The summed E-state index contributed by atoms with van der Waals surface area (Å²) in [5.74, 6) is 0. The summed E-state index contributed by atoms with van der Waals surface area (Å²) in [6, 6.07) is 69.1. The maximum Gasteiger partial charge on any atom is 0.0646 e. The third-order valence-electron chi connectivity index (χ3n) is 12.9. The van der Waals surface area contributed by atoms with E-state index in [1.54, 1.807) is 0 Å². The topological polar surface area (TPSA) is 8.17 Å². The first-order valence-electron chi connectivity index (χ1n) is 20.5. The Morgan fingerprint density at radius 1 is 0.483 bits per heavy atom. The largest absolute Gasteiger partial charge is 0.331 e. The molecule has 0 spiro atoms. The number of nitrogens with zero attached hydrogens (tertiary/aromatic N) is 2. The monoisotopic (exact) mass is 744 g/mol. The summed E-state index contributed by atoms with van der Waals surface area (Å²) in [5.41, 5.74) is 16.0. The number of anilines is 2. The molecule has 58 heavy (non-hydrogen) atoms. The molecule has 0 saturated carbocycles. The molecule has 278 valence electrons. The first-order chi connectivity index (χ1) is 28.4. The van der Waals surface area contributed by atoms with E-state index in [1.807, 2.05) is 0 Å². The fraction of sp³-hybridized carbons (Fsp3) is 0.107. The molecule has 1 atom stereocenters. The van der Waals surface area contributed by atoms with Crippen LogP contribution in [0.25, 0.3) is 66.1 Å². The Kier molecular flexibility index (Phi) is 7.75. The van der Waals surface area contributed by atoms with Gasteiger partial charge in [0.05, 0.1) is 16.6 Å². The minimum atomic E-state index is -0.351. The molecule has 2 aliphatic rings. The fourth-order valence-electron chi connectivity index (χ4n) is 10.1. The second-order valence-electron chi connectivity index (χ2n) is 16.8. The van der Waals surface area contributed by atoms with Crippen LogP contribution < -0.4 is 4.90 Å². The van der Waals surface area contributed by atoms with E-state index in [4.69, 9.17) is 0 Å². The molecule has 0 aliphatic heterocycles. The third-order valence-corrected chi connectivity index (χ3v) is 12.9. The lowest BCUT2D eigenvalue weighted by Gasteiger charge is -2.44. The molecular weight excluding hydrogens is 701 g/mol. The van der Waals surface area contributed by atoms with Crippen LogP contribution in [0, 0.1) is 0 Å². The summed E-state index contributed by atoms with van der Waals surface area (Å²) in [6.07, 6.45) is 5.98. The van der Waals surface area contributed by atoms with Gasteiger partial charge in [0.25, 0.3) is 0 Å². The molecule has 8 aromatic carbocycles. The molecule has 0 N–H and O–H groups in total. The van der Waals surface area contributed by atoms with Gasteiger partial charge in [-0.15, -0.1) is 0 Å². The van der Waals surface area contributed by atoms with Gasteiger partial charge < -0.3 is 9.47 Å². The predicted molar refractivity (Wildman–Crippen MR) is 246 cm³/mol. The number of rotatable bonds is 6. The van der Waals surface area contributed by atoms with Crippen molar-refractivity contribution in [2.45, 2.75) is 38.1 Å². The maximum absolute atomic E-state index is 2.63. The highest BCUT2D eigenvalue weighted by molar-refractivity contribution is 6.12. The van der Waals surface area contributed by atoms with Crippen molar-refractivity contribution in [2.24, 2.45) is 0 Å². The average Bonchev–Trinajstić information content (AvgIpc) is 3.72. The van der Waals surface area contributed by atoms with Gasteiger partial charge in [-0.3, -0.25) is 0 Å². The van der Waals surface area contributed by atoms with E-state index < -0.39 is 0 Å². The second-order valence-corrected chi connectivity index (χ2v) is 16.8. The zero-order valence-electron chi connectivity index (χ0n) is 33.2. The van der Waals surface area contributed by atoms with Gasteiger partial charge in [0.1, 0.15) is 0 Å². The minimum absolute atomic E-state index is 0.101. The molecule has 1 heterocycles. The highest BCUT2D eigenvalue weighted by atomic mass is 15.2. The Morgan fingerprint density at radius 2 is 1.16 bits per heavy atom. The van der Waals surface area contributed by atoms with Crippen molar-refractivity contribution < 1.29 is 0 Å². The molecule has 0 fully saturated rings. The first-order valence-corrected chi connectivity index (χ1v) is 20.5. The van der Waals surface area contributed by atoms with Gasteiger partial charge in [-0.05, 0) is 112 Å². The standard InChI is InChI=1S/C56H44N2/c1-55(2)50-27-14-12-24-45(50)46-33-34-56(3,37-51(46)55)58(42-22-16-19-39(35-42)38-17-6-4-7-18-38)54-32-30-43(44-23-10-11-25-47(44)54)40-29-31-53-49(36-40)48-26-13-15-28-52(48)57(53)41-20-8-5-9-21-41/h4-33,35-37H,34H2,1-3H3. The number of hydrogen-bond acceptors (Lipinski definition) is 1. The summed E-state index contributed by atoms with van der Waals surface area (Å²) in [7, 11) is 0. The zero-order chi connectivity index (χ0) is 39.0.